The molecule has 1 saturated carbocycles. The summed E-state index contributed by atoms with van der Waals surface area (Å²) in [5.41, 5.74) is 0.153. The van der Waals surface area contributed by atoms with E-state index >= 15 is 0 Å². The van der Waals surface area contributed by atoms with Crippen LogP contribution in [0.3, 0.4) is 0 Å². The van der Waals surface area contributed by atoms with Gasteiger partial charge in [0.05, 0.1) is 0 Å². The average molecular weight is 417 g/mol. The van der Waals surface area contributed by atoms with Crippen molar-refractivity contribution in [1.29, 1.82) is 0 Å². The minimum atomic E-state index is -0.900. The Morgan fingerprint density at radius 1 is 1.23 bits per heavy atom. The van der Waals surface area contributed by atoms with Crippen molar-refractivity contribution >= 4 is 29.3 Å². The fourth-order valence-electron chi connectivity index (χ4n) is 4.14. The van der Waals surface area contributed by atoms with E-state index in [2.05, 4.69) is 27.0 Å². The van der Waals surface area contributed by atoms with Crippen LogP contribution in [0.15, 0.2) is 17.6 Å². The third-order valence-corrected chi connectivity index (χ3v) is 5.64. The molecule has 1 saturated heterocycles. The molecule has 2 N–H and O–H groups in total. The molecule has 1 heterocycles. The zero-order chi connectivity index (χ0) is 22.3. The number of amides is 4. The second-order valence-electron chi connectivity index (χ2n) is 7.75. The van der Waals surface area contributed by atoms with Crippen LogP contribution in [0, 0.1) is 12.5 Å². The molecule has 1 aliphatic heterocycles. The Hall–Kier alpha value is -2.86. The maximum Gasteiger partial charge on any atom is 0.537 e. The van der Waals surface area contributed by atoms with Crippen LogP contribution in [0.5, 0.6) is 0 Å². The molecule has 0 aromatic carbocycles. The molecule has 162 valence electrons. The van der Waals surface area contributed by atoms with Gasteiger partial charge in [0.15, 0.2) is 6.04 Å². The van der Waals surface area contributed by atoms with E-state index in [1.165, 1.54) is 17.9 Å². The maximum absolute atomic E-state index is 13.5. The smallest absolute Gasteiger partial charge is 0.352 e. The number of nitrogens with one attached hydrogen (secondary N) is 2. The zero-order valence-electron chi connectivity index (χ0n) is 17.6. The molecule has 3 atom stereocenters. The van der Waals surface area contributed by atoms with Crippen molar-refractivity contribution < 1.29 is 19.2 Å². The molecular weight excluding hydrogens is 386 g/mol. The van der Waals surface area contributed by atoms with Crippen molar-refractivity contribution in [3.8, 4) is 6.57 Å². The Balaban J connectivity index is 2.37. The maximum atomic E-state index is 13.5. The lowest BCUT2D eigenvalue weighted by Gasteiger charge is -2.27. The number of carbonyl (C=O) groups is 4. The first-order valence-electron chi connectivity index (χ1n) is 10.3. The van der Waals surface area contributed by atoms with Crippen molar-refractivity contribution in [3.05, 3.63) is 17.5 Å². The summed E-state index contributed by atoms with van der Waals surface area (Å²) in [7, 11) is 1.61. The number of hydrogen-bond donors (Lipinski definition) is 2. The fraction of sp³-hybridized carbons (Fsp3) is 0.619. The molecule has 2 rings (SSSR count). The van der Waals surface area contributed by atoms with E-state index in [0.717, 1.165) is 32.1 Å². The molecule has 0 bridgehead atoms. The fourth-order valence-corrected chi connectivity index (χ4v) is 4.14. The van der Waals surface area contributed by atoms with Crippen LogP contribution in [0.1, 0.15) is 45.4 Å². The summed E-state index contributed by atoms with van der Waals surface area (Å²) in [5.74, 6) is -2.06. The average Bonchev–Trinajstić information content (AvgIpc) is 3.15. The van der Waals surface area contributed by atoms with Crippen LogP contribution in [-0.2, 0) is 19.2 Å². The van der Waals surface area contributed by atoms with Crippen LogP contribution < -0.4 is 10.6 Å². The van der Waals surface area contributed by atoms with E-state index in [0.29, 0.717) is 0 Å². The summed E-state index contributed by atoms with van der Waals surface area (Å²) in [6.45, 7) is 10.3. The first-order valence-corrected chi connectivity index (χ1v) is 10.3. The second-order valence-corrected chi connectivity index (χ2v) is 7.75. The SMILES string of the molecule is C#[N+]C(=O)C1C[C@H](NC(C)=O)CN1C(=O)C(=NC(=O)[C@H](C=C)NC)C1CCCCC1. The number of likely N-dealkylation sites (tertiary alicyclic amines) is 1. The molecule has 2 fully saturated rings. The van der Waals surface area contributed by atoms with Gasteiger partial charge in [-0.15, -0.1) is 6.58 Å². The minimum absolute atomic E-state index is 0.126. The lowest BCUT2D eigenvalue weighted by atomic mass is 9.85. The molecule has 9 heteroatoms. The minimum Gasteiger partial charge on any atom is -0.352 e. The van der Waals surface area contributed by atoms with Crippen LogP contribution in [-0.4, -0.2) is 66.0 Å². The molecule has 0 aromatic rings. The van der Waals surface area contributed by atoms with Gasteiger partial charge in [0.25, 0.3) is 18.4 Å². The molecule has 0 radical (unpaired) electrons. The molecule has 4 amide bonds. The van der Waals surface area contributed by atoms with Gasteiger partial charge in [-0.1, -0.05) is 25.3 Å². The van der Waals surface area contributed by atoms with Gasteiger partial charge in [0.2, 0.25) is 5.91 Å². The Morgan fingerprint density at radius 3 is 2.43 bits per heavy atom. The normalized spacial score (nSPS) is 23.4. The summed E-state index contributed by atoms with van der Waals surface area (Å²) >= 11 is 0. The number of nitrogens with zero attached hydrogens (tertiary/aromatic N) is 3. The number of hydrogen-bond acceptors (Lipinski definition) is 5. The standard InChI is InChI=1S/C21H29N5O4/c1-5-16(22-3)19(28)25-18(14-9-7-6-8-10-14)21(30)26-12-15(24-13(2)27)11-17(26)20(29)23-4/h4-5,14-17,22H,1,6-12H2,2-3H3/p+1/t15-,16-,17?/m0/s1. The van der Waals surface area contributed by atoms with E-state index < -0.39 is 35.8 Å². The monoisotopic (exact) mass is 416 g/mol. The quantitative estimate of drug-likeness (QED) is 0.473. The topological polar surface area (TPSA) is 112 Å². The molecule has 1 aliphatic carbocycles. The summed E-state index contributed by atoms with van der Waals surface area (Å²) in [4.78, 5) is 58.6. The van der Waals surface area contributed by atoms with Gasteiger partial charge in [0, 0.05) is 36.7 Å². The van der Waals surface area contributed by atoms with Gasteiger partial charge in [-0.25, -0.2) is 4.99 Å². The highest BCUT2D eigenvalue weighted by Gasteiger charge is 2.46. The lowest BCUT2D eigenvalue weighted by molar-refractivity contribution is -0.131. The highest BCUT2D eigenvalue weighted by molar-refractivity contribution is 6.41. The van der Waals surface area contributed by atoms with E-state index in [9.17, 15) is 19.2 Å². The van der Waals surface area contributed by atoms with Gasteiger partial charge < -0.3 is 15.5 Å². The first-order chi connectivity index (χ1) is 14.3. The molecule has 30 heavy (non-hydrogen) atoms. The van der Waals surface area contributed by atoms with Crippen LogP contribution in [0.25, 0.3) is 4.85 Å². The van der Waals surface area contributed by atoms with E-state index in [1.54, 1.807) is 7.05 Å². The highest BCUT2D eigenvalue weighted by atomic mass is 16.2. The summed E-state index contributed by atoms with van der Waals surface area (Å²) in [5, 5.41) is 5.53. The third-order valence-electron chi connectivity index (χ3n) is 5.64. The largest absolute Gasteiger partial charge is 0.537 e. The van der Waals surface area contributed by atoms with Gasteiger partial charge in [-0.3, -0.25) is 14.4 Å². The molecule has 0 spiro atoms. The Morgan fingerprint density at radius 2 is 1.90 bits per heavy atom. The predicted octanol–water partition coefficient (Wildman–Crippen LogP) is 0.903. The third kappa shape index (κ3) is 5.60. The van der Waals surface area contributed by atoms with Gasteiger partial charge >= 0.3 is 5.91 Å². The Bertz CT molecular complexity index is 779. The predicted molar refractivity (Wildman–Crippen MR) is 113 cm³/mol. The van der Waals surface area contributed by atoms with Crippen molar-refractivity contribution in [1.82, 2.24) is 15.5 Å². The molecule has 0 aromatic heterocycles. The van der Waals surface area contributed by atoms with Crippen LogP contribution in [0.2, 0.25) is 0 Å². The van der Waals surface area contributed by atoms with Crippen molar-refractivity contribution in [2.45, 2.75) is 63.6 Å². The zero-order valence-corrected chi connectivity index (χ0v) is 17.6. The summed E-state index contributed by atoms with van der Waals surface area (Å²) in [6, 6.07) is -2.01. The molecule has 1 unspecified atom stereocenters. The van der Waals surface area contributed by atoms with Crippen molar-refractivity contribution in [3.63, 3.8) is 0 Å². The van der Waals surface area contributed by atoms with Gasteiger partial charge in [-0.2, -0.15) is 4.79 Å². The van der Waals surface area contributed by atoms with Crippen LogP contribution >= 0.6 is 0 Å². The number of carbonyl (C=O) groups excluding carboxylic acids is 4. The first kappa shape index (κ1) is 23.4. The number of aliphatic imine (C=N–C) groups is 1. The number of likely N-dealkylation sites (N-methyl/N-ethyl adjacent to an activating group) is 1. The molecule has 2 aliphatic rings. The summed E-state index contributed by atoms with van der Waals surface area (Å²) in [6.07, 6.45) is 6.09. The number of rotatable bonds is 7. The Labute approximate surface area is 176 Å². The lowest BCUT2D eigenvalue weighted by Crippen LogP contribution is -2.47. The van der Waals surface area contributed by atoms with E-state index in [-0.39, 0.29) is 30.5 Å². The second kappa shape index (κ2) is 10.8. The van der Waals surface area contributed by atoms with Crippen LogP contribution in [0.4, 0.5) is 0 Å². The van der Waals surface area contributed by atoms with Crippen molar-refractivity contribution in [2.24, 2.45) is 10.9 Å². The van der Waals surface area contributed by atoms with Gasteiger partial charge in [0.1, 0.15) is 11.8 Å². The van der Waals surface area contributed by atoms with E-state index in [1.807, 2.05) is 0 Å². The Kier molecular flexibility index (Phi) is 8.42. The molecular formula is C21H30N5O4+. The van der Waals surface area contributed by atoms with Crippen molar-refractivity contribution in [2.75, 3.05) is 13.6 Å². The highest BCUT2D eigenvalue weighted by Crippen LogP contribution is 2.28. The van der Waals surface area contributed by atoms with Gasteiger partial charge in [-0.05, 0) is 19.9 Å². The van der Waals surface area contributed by atoms with E-state index in [4.69, 9.17) is 6.57 Å². The molecule has 9 nitrogen and oxygen atoms in total. The summed E-state index contributed by atoms with van der Waals surface area (Å²) < 4.78 is 0.